The third kappa shape index (κ3) is 3.73. The summed E-state index contributed by atoms with van der Waals surface area (Å²) in [7, 11) is 0. The Bertz CT molecular complexity index is 489. The van der Waals surface area contributed by atoms with Crippen LogP contribution in [-0.4, -0.2) is 11.7 Å². The van der Waals surface area contributed by atoms with Gasteiger partial charge in [-0.15, -0.1) is 0 Å². The highest BCUT2D eigenvalue weighted by Gasteiger charge is 2.46. The van der Waals surface area contributed by atoms with Crippen LogP contribution in [0.3, 0.4) is 0 Å². The van der Waals surface area contributed by atoms with Gasteiger partial charge < -0.3 is 5.73 Å². The fraction of sp³-hybridized carbons (Fsp3) is 0.571. The Morgan fingerprint density at radius 2 is 2.05 bits per heavy atom. The predicted molar refractivity (Wildman–Crippen MR) is 72.7 cm³/mol. The number of alkyl halides is 3. The number of nitrogens with two attached hydrogens (primary N) is 1. The van der Waals surface area contributed by atoms with E-state index in [0.29, 0.717) is 23.7 Å². The number of rotatable bonds is 2. The maximum Gasteiger partial charge on any atom is 0.391 e. The fourth-order valence-corrected chi connectivity index (χ4v) is 3.32. The molecule has 0 aromatic heterocycles. The van der Waals surface area contributed by atoms with Crippen LogP contribution in [0.25, 0.3) is 0 Å². The first-order valence-electron chi connectivity index (χ1n) is 6.49. The minimum atomic E-state index is -4.19. The minimum absolute atomic E-state index is 0.0640. The van der Waals surface area contributed by atoms with Gasteiger partial charge in [0.15, 0.2) is 0 Å². The van der Waals surface area contributed by atoms with Crippen molar-refractivity contribution in [2.45, 2.75) is 43.8 Å². The van der Waals surface area contributed by atoms with Crippen LogP contribution in [0.5, 0.6) is 0 Å². The molecule has 0 heterocycles. The van der Waals surface area contributed by atoms with Crippen molar-refractivity contribution in [1.82, 2.24) is 0 Å². The minimum Gasteiger partial charge on any atom is -0.325 e. The molecule has 0 amide bonds. The van der Waals surface area contributed by atoms with Crippen molar-refractivity contribution in [3.05, 3.63) is 34.1 Å². The molecule has 2 rings (SSSR count). The SMILES string of the molecule is NC1(Cc2ccc(F)c(Br)c2)CCCC(C(F)(F)F)C1. The summed E-state index contributed by atoms with van der Waals surface area (Å²) in [6.45, 7) is 0. The lowest BCUT2D eigenvalue weighted by molar-refractivity contribution is -0.187. The molecule has 1 aliphatic rings. The molecule has 1 aromatic rings. The van der Waals surface area contributed by atoms with Gasteiger partial charge in [0.25, 0.3) is 0 Å². The molecule has 1 saturated carbocycles. The number of halogens is 5. The Labute approximate surface area is 123 Å². The summed E-state index contributed by atoms with van der Waals surface area (Å²) in [5, 5.41) is 0. The van der Waals surface area contributed by atoms with E-state index in [1.165, 1.54) is 6.07 Å². The zero-order valence-electron chi connectivity index (χ0n) is 10.8. The maximum absolute atomic E-state index is 13.2. The first-order valence-corrected chi connectivity index (χ1v) is 7.28. The largest absolute Gasteiger partial charge is 0.391 e. The van der Waals surface area contributed by atoms with Crippen LogP contribution in [0.4, 0.5) is 17.6 Å². The summed E-state index contributed by atoms with van der Waals surface area (Å²) in [5.74, 6) is -1.72. The molecule has 0 spiro atoms. The normalized spacial score (nSPS) is 27.6. The van der Waals surface area contributed by atoms with E-state index >= 15 is 0 Å². The Morgan fingerprint density at radius 1 is 1.35 bits per heavy atom. The molecule has 0 bridgehead atoms. The van der Waals surface area contributed by atoms with Crippen LogP contribution in [-0.2, 0) is 6.42 Å². The highest BCUT2D eigenvalue weighted by Crippen LogP contribution is 2.42. The lowest BCUT2D eigenvalue weighted by atomic mass is 9.73. The molecule has 0 aliphatic heterocycles. The van der Waals surface area contributed by atoms with Crippen molar-refractivity contribution in [3.63, 3.8) is 0 Å². The molecule has 1 nitrogen and oxygen atoms in total. The van der Waals surface area contributed by atoms with Crippen molar-refractivity contribution in [3.8, 4) is 0 Å². The summed E-state index contributed by atoms with van der Waals surface area (Å²) < 4.78 is 52.0. The summed E-state index contributed by atoms with van der Waals surface area (Å²) in [6, 6.07) is 4.46. The first-order chi connectivity index (χ1) is 9.20. The van der Waals surface area contributed by atoms with Crippen molar-refractivity contribution >= 4 is 15.9 Å². The molecule has 2 N–H and O–H groups in total. The Kier molecular flexibility index (Phi) is 4.44. The monoisotopic (exact) mass is 353 g/mol. The van der Waals surface area contributed by atoms with Crippen molar-refractivity contribution in [2.75, 3.05) is 0 Å². The van der Waals surface area contributed by atoms with Crippen molar-refractivity contribution < 1.29 is 17.6 Å². The second-order valence-corrected chi connectivity index (χ2v) is 6.48. The molecule has 2 atom stereocenters. The zero-order chi connectivity index (χ0) is 15.0. The highest BCUT2D eigenvalue weighted by atomic mass is 79.9. The molecule has 1 aromatic carbocycles. The van der Waals surface area contributed by atoms with Crippen LogP contribution in [0.2, 0.25) is 0 Å². The zero-order valence-corrected chi connectivity index (χ0v) is 12.4. The summed E-state index contributed by atoms with van der Waals surface area (Å²) in [6.07, 6.45) is -2.73. The van der Waals surface area contributed by atoms with Gasteiger partial charge in [-0.05, 0) is 59.3 Å². The molecule has 20 heavy (non-hydrogen) atoms. The van der Waals surface area contributed by atoms with Gasteiger partial charge in [-0.25, -0.2) is 4.39 Å². The van der Waals surface area contributed by atoms with Crippen LogP contribution in [0, 0.1) is 11.7 Å². The second-order valence-electron chi connectivity index (χ2n) is 5.62. The lowest BCUT2D eigenvalue weighted by Crippen LogP contribution is -2.48. The molecular formula is C14H16BrF4N. The lowest BCUT2D eigenvalue weighted by Gasteiger charge is -2.39. The highest BCUT2D eigenvalue weighted by molar-refractivity contribution is 9.10. The van der Waals surface area contributed by atoms with E-state index in [9.17, 15) is 17.6 Å². The summed E-state index contributed by atoms with van der Waals surface area (Å²) in [4.78, 5) is 0. The third-order valence-electron chi connectivity index (χ3n) is 3.88. The first kappa shape index (κ1) is 15.8. The van der Waals surface area contributed by atoms with Gasteiger partial charge in [0.2, 0.25) is 0 Å². The third-order valence-corrected chi connectivity index (χ3v) is 4.49. The van der Waals surface area contributed by atoms with Crippen molar-refractivity contribution in [1.29, 1.82) is 0 Å². The molecule has 6 heteroatoms. The standard InChI is InChI=1S/C14H16BrF4N/c15-11-6-9(3-4-12(11)16)7-13(20)5-1-2-10(8-13)14(17,18)19/h3-4,6,10H,1-2,5,7-8,20H2. The maximum atomic E-state index is 13.2. The Balaban J connectivity index is 2.12. The smallest absolute Gasteiger partial charge is 0.325 e. The van der Waals surface area contributed by atoms with E-state index in [1.807, 2.05) is 0 Å². The van der Waals surface area contributed by atoms with Gasteiger partial charge in [0.05, 0.1) is 10.4 Å². The van der Waals surface area contributed by atoms with Gasteiger partial charge >= 0.3 is 6.18 Å². The Morgan fingerprint density at radius 3 is 2.65 bits per heavy atom. The Hall–Kier alpha value is -0.620. The van der Waals surface area contributed by atoms with Gasteiger partial charge in [0, 0.05) is 5.54 Å². The molecule has 1 fully saturated rings. The average Bonchev–Trinajstić information content (AvgIpc) is 2.32. The summed E-state index contributed by atoms with van der Waals surface area (Å²) >= 11 is 3.08. The summed E-state index contributed by atoms with van der Waals surface area (Å²) in [5.41, 5.74) is 6.05. The van der Waals surface area contributed by atoms with Crippen molar-refractivity contribution in [2.24, 2.45) is 11.7 Å². The molecule has 0 saturated heterocycles. The molecule has 0 radical (unpaired) electrons. The molecule has 112 valence electrons. The van der Waals surface area contributed by atoms with E-state index in [-0.39, 0.29) is 12.8 Å². The van der Waals surface area contributed by atoms with Crippen LogP contribution < -0.4 is 5.73 Å². The quantitative estimate of drug-likeness (QED) is 0.773. The van der Waals surface area contributed by atoms with Crippen LogP contribution in [0.1, 0.15) is 31.2 Å². The molecule has 2 unspecified atom stereocenters. The number of hydrogen-bond acceptors (Lipinski definition) is 1. The van der Waals surface area contributed by atoms with Crippen LogP contribution in [0.15, 0.2) is 22.7 Å². The van der Waals surface area contributed by atoms with Gasteiger partial charge in [-0.3, -0.25) is 0 Å². The van der Waals surface area contributed by atoms with Crippen LogP contribution >= 0.6 is 15.9 Å². The number of benzene rings is 1. The van der Waals surface area contributed by atoms with E-state index < -0.39 is 23.5 Å². The van der Waals surface area contributed by atoms with Gasteiger partial charge in [0.1, 0.15) is 5.82 Å². The topological polar surface area (TPSA) is 26.0 Å². The van der Waals surface area contributed by atoms with E-state index in [1.54, 1.807) is 12.1 Å². The van der Waals surface area contributed by atoms with E-state index in [2.05, 4.69) is 15.9 Å². The van der Waals surface area contributed by atoms with Gasteiger partial charge in [-0.2, -0.15) is 13.2 Å². The van der Waals surface area contributed by atoms with Gasteiger partial charge in [-0.1, -0.05) is 12.5 Å². The predicted octanol–water partition coefficient (Wildman–Crippen LogP) is 4.58. The average molecular weight is 354 g/mol. The second kappa shape index (κ2) is 5.64. The molecule has 1 aliphatic carbocycles. The van der Waals surface area contributed by atoms with E-state index in [0.717, 1.165) is 5.56 Å². The fourth-order valence-electron chi connectivity index (χ4n) is 2.89. The van der Waals surface area contributed by atoms with E-state index in [4.69, 9.17) is 5.73 Å². The number of hydrogen-bond donors (Lipinski definition) is 1. The molecular weight excluding hydrogens is 338 g/mol.